The second-order valence-electron chi connectivity index (χ2n) is 4.75. The zero-order chi connectivity index (χ0) is 16.2. The number of nitrogens with two attached hydrogens (primary N) is 1. The topological polar surface area (TPSA) is 112 Å². The van der Waals surface area contributed by atoms with Gasteiger partial charge in [-0.15, -0.1) is 10.2 Å². The molecule has 0 unspecified atom stereocenters. The lowest BCUT2D eigenvalue weighted by molar-refractivity contribution is -0.119. The third-order valence-corrected chi connectivity index (χ3v) is 4.03. The van der Waals surface area contributed by atoms with Gasteiger partial charge in [0.1, 0.15) is 5.76 Å². The van der Waals surface area contributed by atoms with Gasteiger partial charge in [-0.1, -0.05) is 11.8 Å². The minimum Gasteiger partial charge on any atom is -0.467 e. The first-order valence-electron chi connectivity index (χ1n) is 6.85. The summed E-state index contributed by atoms with van der Waals surface area (Å²) in [5.41, 5.74) is 0. The van der Waals surface area contributed by atoms with E-state index >= 15 is 0 Å². The van der Waals surface area contributed by atoms with Crippen molar-refractivity contribution < 1.29 is 13.6 Å². The van der Waals surface area contributed by atoms with E-state index in [1.54, 1.807) is 24.5 Å². The molecule has 3 N–H and O–H groups in total. The maximum Gasteiger partial charge on any atom is 0.231 e. The monoisotopic (exact) mass is 333 g/mol. The van der Waals surface area contributed by atoms with Crippen LogP contribution in [0.15, 0.2) is 50.8 Å². The Balaban J connectivity index is 1.57. The van der Waals surface area contributed by atoms with Crippen LogP contribution in [0.2, 0.25) is 0 Å². The minimum atomic E-state index is -0.201. The molecule has 0 radical (unpaired) electrons. The Morgan fingerprint density at radius 1 is 1.35 bits per heavy atom. The van der Waals surface area contributed by atoms with E-state index in [0.29, 0.717) is 22.5 Å². The number of hydrogen-bond acceptors (Lipinski definition) is 7. The Labute approximate surface area is 136 Å². The number of hydrogen-bond donors (Lipinski definition) is 2. The van der Waals surface area contributed by atoms with E-state index < -0.39 is 0 Å². The van der Waals surface area contributed by atoms with Gasteiger partial charge in [0, 0.05) is 0 Å². The van der Waals surface area contributed by atoms with Gasteiger partial charge < -0.3 is 20.0 Å². The maximum absolute atomic E-state index is 12.0. The first-order chi connectivity index (χ1) is 11.1. The first-order valence-corrected chi connectivity index (χ1v) is 7.83. The molecule has 3 heterocycles. The second kappa shape index (κ2) is 6.61. The largest absolute Gasteiger partial charge is 0.467 e. The summed E-state index contributed by atoms with van der Waals surface area (Å²) in [6.45, 7) is 1.85. The van der Waals surface area contributed by atoms with Crippen LogP contribution in [0.25, 0.3) is 11.6 Å². The van der Waals surface area contributed by atoms with Crippen LogP contribution in [0.5, 0.6) is 0 Å². The molecule has 0 fully saturated rings. The fraction of sp³-hybridized carbons (Fsp3) is 0.214. The fourth-order valence-electron chi connectivity index (χ4n) is 1.97. The predicted octanol–water partition coefficient (Wildman–Crippen LogP) is 1.81. The van der Waals surface area contributed by atoms with E-state index in [-0.39, 0.29) is 17.7 Å². The lowest BCUT2D eigenvalue weighted by Gasteiger charge is -2.10. The summed E-state index contributed by atoms with van der Waals surface area (Å²) in [6.07, 6.45) is 3.10. The van der Waals surface area contributed by atoms with Crippen molar-refractivity contribution in [1.29, 1.82) is 0 Å². The van der Waals surface area contributed by atoms with Gasteiger partial charge in [-0.2, -0.15) is 0 Å². The van der Waals surface area contributed by atoms with Crippen molar-refractivity contribution in [2.75, 3.05) is 11.6 Å². The highest BCUT2D eigenvalue weighted by atomic mass is 32.2. The molecular formula is C14H15N5O3S. The Morgan fingerprint density at radius 3 is 2.83 bits per heavy atom. The van der Waals surface area contributed by atoms with Crippen LogP contribution in [0.3, 0.4) is 0 Å². The van der Waals surface area contributed by atoms with Gasteiger partial charge in [0.25, 0.3) is 0 Å². The third-order valence-electron chi connectivity index (χ3n) is 3.09. The highest BCUT2D eigenvalue weighted by Gasteiger charge is 2.17. The zero-order valence-corrected chi connectivity index (χ0v) is 13.1. The summed E-state index contributed by atoms with van der Waals surface area (Å²) >= 11 is 1.19. The molecule has 0 aliphatic heterocycles. The molecule has 120 valence electrons. The van der Waals surface area contributed by atoms with Crippen molar-refractivity contribution in [2.24, 2.45) is 0 Å². The molecule has 8 nitrogen and oxygen atoms in total. The standard InChI is InChI=1S/C14H15N5O3S/c1-9(10-4-2-6-21-10)16-12(20)8-23-14-18-17-13(19(14)15)11-5-3-7-22-11/h2-7,9H,8,15H2,1H3,(H,16,20)/t9-/m0/s1. The van der Waals surface area contributed by atoms with Crippen molar-refractivity contribution >= 4 is 17.7 Å². The molecule has 3 aromatic heterocycles. The quantitative estimate of drug-likeness (QED) is 0.522. The Hall–Kier alpha value is -2.68. The Bertz CT molecular complexity index is 767. The van der Waals surface area contributed by atoms with Crippen LogP contribution < -0.4 is 11.2 Å². The van der Waals surface area contributed by atoms with Crippen molar-refractivity contribution in [1.82, 2.24) is 20.2 Å². The van der Waals surface area contributed by atoms with Gasteiger partial charge in [-0.3, -0.25) is 4.79 Å². The molecule has 3 aromatic rings. The number of nitrogens with zero attached hydrogens (tertiary/aromatic N) is 3. The molecule has 0 aliphatic rings. The average molecular weight is 333 g/mol. The van der Waals surface area contributed by atoms with Gasteiger partial charge in [0.15, 0.2) is 5.76 Å². The van der Waals surface area contributed by atoms with Crippen LogP contribution >= 0.6 is 11.8 Å². The molecule has 0 aliphatic carbocycles. The number of aromatic nitrogens is 3. The van der Waals surface area contributed by atoms with Crippen molar-refractivity contribution in [3.8, 4) is 11.6 Å². The third kappa shape index (κ3) is 3.39. The summed E-state index contributed by atoms with van der Waals surface area (Å²) in [5, 5.41) is 11.2. The van der Waals surface area contributed by atoms with Crippen LogP contribution in [0.1, 0.15) is 18.7 Å². The number of nitrogens with one attached hydrogen (secondary N) is 1. The van der Waals surface area contributed by atoms with E-state index in [1.807, 2.05) is 13.0 Å². The summed E-state index contributed by atoms with van der Waals surface area (Å²) in [4.78, 5) is 12.0. The molecule has 0 saturated heterocycles. The van der Waals surface area contributed by atoms with E-state index in [1.165, 1.54) is 22.7 Å². The highest BCUT2D eigenvalue weighted by molar-refractivity contribution is 7.99. The number of carbonyl (C=O) groups excluding carboxylic acids is 1. The fourth-order valence-corrected chi connectivity index (χ4v) is 2.64. The lowest BCUT2D eigenvalue weighted by atomic mass is 10.2. The molecule has 23 heavy (non-hydrogen) atoms. The maximum atomic E-state index is 12.0. The summed E-state index contributed by atoms with van der Waals surface area (Å²) in [6, 6.07) is 6.86. The van der Waals surface area contributed by atoms with E-state index in [2.05, 4.69) is 15.5 Å². The number of amides is 1. The molecule has 1 atom stereocenters. The number of carbonyl (C=O) groups is 1. The van der Waals surface area contributed by atoms with E-state index in [0.717, 1.165) is 0 Å². The van der Waals surface area contributed by atoms with E-state index in [4.69, 9.17) is 14.7 Å². The average Bonchev–Trinajstić information content (AvgIpc) is 3.27. The number of rotatable bonds is 6. The molecule has 0 bridgehead atoms. The molecule has 0 spiro atoms. The minimum absolute atomic E-state index is 0.151. The molecule has 3 rings (SSSR count). The summed E-state index contributed by atoms with van der Waals surface area (Å²) < 4.78 is 11.8. The molecule has 0 aromatic carbocycles. The predicted molar refractivity (Wildman–Crippen MR) is 83.9 cm³/mol. The normalized spacial score (nSPS) is 12.2. The van der Waals surface area contributed by atoms with Crippen molar-refractivity contribution in [2.45, 2.75) is 18.1 Å². The number of furan rings is 2. The van der Waals surface area contributed by atoms with Crippen LogP contribution in [-0.4, -0.2) is 26.5 Å². The molecule has 9 heteroatoms. The first kappa shape index (κ1) is 15.2. The second-order valence-corrected chi connectivity index (χ2v) is 5.69. The van der Waals surface area contributed by atoms with Gasteiger partial charge in [0.05, 0.1) is 24.3 Å². The molecular weight excluding hydrogens is 318 g/mol. The molecule has 1 amide bonds. The Kier molecular flexibility index (Phi) is 4.38. The van der Waals surface area contributed by atoms with Crippen molar-refractivity contribution in [3.05, 3.63) is 42.6 Å². The summed E-state index contributed by atoms with van der Waals surface area (Å²) in [7, 11) is 0. The Morgan fingerprint density at radius 2 is 2.13 bits per heavy atom. The van der Waals surface area contributed by atoms with Crippen LogP contribution in [0, 0.1) is 0 Å². The SMILES string of the molecule is C[C@H](NC(=O)CSc1nnc(-c2ccco2)n1N)c1ccco1. The smallest absolute Gasteiger partial charge is 0.231 e. The van der Waals surface area contributed by atoms with Crippen LogP contribution in [-0.2, 0) is 4.79 Å². The molecule has 0 saturated carbocycles. The van der Waals surface area contributed by atoms with Gasteiger partial charge >= 0.3 is 0 Å². The van der Waals surface area contributed by atoms with Gasteiger partial charge in [-0.25, -0.2) is 4.68 Å². The number of thioether (sulfide) groups is 1. The van der Waals surface area contributed by atoms with Crippen LogP contribution in [0.4, 0.5) is 0 Å². The lowest BCUT2D eigenvalue weighted by Crippen LogP contribution is -2.28. The number of nitrogen functional groups attached to an aromatic ring is 1. The zero-order valence-electron chi connectivity index (χ0n) is 12.3. The summed E-state index contributed by atoms with van der Waals surface area (Å²) in [5.74, 6) is 7.56. The highest BCUT2D eigenvalue weighted by Crippen LogP contribution is 2.22. The van der Waals surface area contributed by atoms with Crippen molar-refractivity contribution in [3.63, 3.8) is 0 Å². The van der Waals surface area contributed by atoms with Gasteiger partial charge in [0.2, 0.25) is 16.9 Å². The van der Waals surface area contributed by atoms with Gasteiger partial charge in [-0.05, 0) is 31.2 Å². The van der Waals surface area contributed by atoms with E-state index in [9.17, 15) is 4.79 Å².